The Bertz CT molecular complexity index is 1280. The van der Waals surface area contributed by atoms with Gasteiger partial charge in [-0.2, -0.15) is 0 Å². The second-order valence-corrected chi connectivity index (χ2v) is 18.0. The zero-order chi connectivity index (χ0) is 46.2. The van der Waals surface area contributed by atoms with Gasteiger partial charge in [-0.15, -0.1) is 0 Å². The summed E-state index contributed by atoms with van der Waals surface area (Å²) in [6.45, 7) is 3.75. The highest BCUT2D eigenvalue weighted by Gasteiger charge is 2.27. The van der Waals surface area contributed by atoms with Crippen molar-refractivity contribution in [3.8, 4) is 0 Å². The molecule has 0 aromatic rings. The van der Waals surface area contributed by atoms with Crippen molar-refractivity contribution in [1.29, 1.82) is 0 Å². The number of ether oxygens (including phenoxy) is 2. The Balaban J connectivity index is 4.20. The molecule has 0 spiro atoms. The lowest BCUT2D eigenvalue weighted by atomic mass is 10.1. The van der Waals surface area contributed by atoms with Crippen molar-refractivity contribution >= 4 is 19.8 Å². The number of hydrogen-bond acceptors (Lipinski definition) is 8. The molecule has 0 heterocycles. The summed E-state index contributed by atoms with van der Waals surface area (Å²) in [5.74, 6) is -1.79. The molecule has 0 saturated carbocycles. The molecule has 63 heavy (non-hydrogen) atoms. The van der Waals surface area contributed by atoms with Crippen LogP contribution < -0.4 is 5.73 Å². The van der Waals surface area contributed by atoms with E-state index >= 15 is 0 Å². The molecular formula is C52H92NO9P. The molecule has 0 aromatic heterocycles. The molecule has 0 aliphatic carbocycles. The molecule has 10 nitrogen and oxygen atoms in total. The van der Waals surface area contributed by atoms with Crippen LogP contribution in [0.2, 0.25) is 0 Å². The summed E-state index contributed by atoms with van der Waals surface area (Å²) in [5, 5.41) is 8.93. The van der Waals surface area contributed by atoms with Crippen LogP contribution in [0.5, 0.6) is 0 Å². The lowest BCUT2D eigenvalue weighted by molar-refractivity contribution is -0.154. The zero-order valence-corrected chi connectivity index (χ0v) is 40.8. The third kappa shape index (κ3) is 47.2. The maximum absolute atomic E-state index is 12.7. The lowest BCUT2D eigenvalue weighted by Crippen LogP contribution is -2.34. The fourth-order valence-corrected chi connectivity index (χ4v) is 7.40. The van der Waals surface area contributed by atoms with Gasteiger partial charge in [-0.05, 0) is 83.5 Å². The van der Waals surface area contributed by atoms with Gasteiger partial charge in [-0.25, -0.2) is 4.57 Å². The third-order valence-corrected chi connectivity index (χ3v) is 11.4. The number of phosphoric acid groups is 1. The monoisotopic (exact) mass is 906 g/mol. The maximum Gasteiger partial charge on any atom is 0.472 e. The van der Waals surface area contributed by atoms with Gasteiger partial charge in [0.1, 0.15) is 12.1 Å². The Hall–Kier alpha value is -2.59. The quantitative estimate of drug-likeness (QED) is 0.0233. The van der Waals surface area contributed by atoms with E-state index in [2.05, 4.69) is 86.8 Å². The average Bonchev–Trinajstić information content (AvgIpc) is 3.26. The molecule has 0 rings (SSSR count). The standard InChI is InChI=1S/C52H92NO9P/c1-3-5-7-9-11-13-15-17-19-21-23-24-25-26-27-28-30-32-34-36-38-40-42-44-51(54)62-49(47-60-63(57,58)61-48-50(53)52(55)56)46-59-45-43-41-39-37-35-33-31-29-22-20-18-16-14-12-10-8-6-4-2/h5,7,11,13,17-20,23-24,26-27,49-50H,3-4,6,8-10,12,14-16,21-22,25,28-48,53H2,1-2H3,(H,55,56)(H,57,58)/b7-5-,13-11-,19-17-,20-18-,24-23-,27-26-. The number of rotatable bonds is 47. The number of hydrogen-bond donors (Lipinski definition) is 3. The van der Waals surface area contributed by atoms with E-state index in [0.717, 1.165) is 77.0 Å². The van der Waals surface area contributed by atoms with Crippen LogP contribution in [0.3, 0.4) is 0 Å². The highest BCUT2D eigenvalue weighted by molar-refractivity contribution is 7.47. The minimum Gasteiger partial charge on any atom is -0.480 e. The van der Waals surface area contributed by atoms with Crippen molar-refractivity contribution < 1.29 is 42.7 Å². The first-order chi connectivity index (χ1) is 30.7. The van der Waals surface area contributed by atoms with Crippen molar-refractivity contribution in [1.82, 2.24) is 0 Å². The maximum atomic E-state index is 12.7. The van der Waals surface area contributed by atoms with Gasteiger partial charge in [-0.3, -0.25) is 18.6 Å². The van der Waals surface area contributed by atoms with Crippen LogP contribution in [0.15, 0.2) is 72.9 Å². The summed E-state index contributed by atoms with van der Waals surface area (Å²) in [7, 11) is -4.63. The SMILES string of the molecule is CC/C=C\C/C=C\C/C=C\C/C=C\C/C=C\CCCCCCCCCC(=O)OC(COCCCCCCCCCC/C=C\CCCCCCCC)COP(=O)(O)OCC(N)C(=O)O. The first kappa shape index (κ1) is 60.4. The predicted octanol–water partition coefficient (Wildman–Crippen LogP) is 14.5. The Morgan fingerprint density at radius 2 is 0.921 bits per heavy atom. The van der Waals surface area contributed by atoms with Gasteiger partial charge in [0.2, 0.25) is 0 Å². The molecule has 0 fully saturated rings. The number of carbonyl (C=O) groups excluding carboxylic acids is 1. The van der Waals surface area contributed by atoms with Gasteiger partial charge >= 0.3 is 19.8 Å². The summed E-state index contributed by atoms with van der Waals surface area (Å²) in [5.41, 5.74) is 5.37. The second kappa shape index (κ2) is 47.4. The van der Waals surface area contributed by atoms with Gasteiger partial charge in [0.25, 0.3) is 0 Å². The van der Waals surface area contributed by atoms with Crippen LogP contribution in [-0.4, -0.2) is 60.5 Å². The molecule has 0 aliphatic rings. The van der Waals surface area contributed by atoms with E-state index < -0.39 is 45.1 Å². The minimum atomic E-state index is -4.63. The van der Waals surface area contributed by atoms with E-state index in [9.17, 15) is 19.0 Å². The van der Waals surface area contributed by atoms with Crippen molar-refractivity contribution in [2.24, 2.45) is 5.73 Å². The smallest absolute Gasteiger partial charge is 0.472 e. The molecule has 4 N–H and O–H groups in total. The van der Waals surface area contributed by atoms with E-state index in [-0.39, 0.29) is 13.0 Å². The highest BCUT2D eigenvalue weighted by atomic mass is 31.2. The van der Waals surface area contributed by atoms with E-state index in [0.29, 0.717) is 13.0 Å². The van der Waals surface area contributed by atoms with Crippen molar-refractivity contribution in [2.75, 3.05) is 26.4 Å². The number of carbonyl (C=O) groups is 2. The van der Waals surface area contributed by atoms with E-state index in [1.54, 1.807) is 0 Å². The molecule has 0 aromatic carbocycles. The van der Waals surface area contributed by atoms with Gasteiger partial charge in [0, 0.05) is 13.0 Å². The number of esters is 1. The molecule has 0 bridgehead atoms. The third-order valence-electron chi connectivity index (χ3n) is 10.5. The van der Waals surface area contributed by atoms with Crippen molar-refractivity contribution in [2.45, 2.75) is 219 Å². The Kier molecular flexibility index (Phi) is 45.4. The number of allylic oxidation sites excluding steroid dienone is 12. The molecule has 0 aliphatic heterocycles. The van der Waals surface area contributed by atoms with Crippen LogP contribution in [0.25, 0.3) is 0 Å². The highest BCUT2D eigenvalue weighted by Crippen LogP contribution is 2.43. The first-order valence-corrected chi connectivity index (χ1v) is 26.5. The van der Waals surface area contributed by atoms with Gasteiger partial charge in [0.15, 0.2) is 0 Å². The number of carboxylic acid groups (broad SMARTS) is 1. The first-order valence-electron chi connectivity index (χ1n) is 25.0. The van der Waals surface area contributed by atoms with Crippen LogP contribution in [0.4, 0.5) is 0 Å². The molecular weight excluding hydrogens is 814 g/mol. The molecule has 0 saturated heterocycles. The van der Waals surface area contributed by atoms with Crippen molar-refractivity contribution in [3.63, 3.8) is 0 Å². The van der Waals surface area contributed by atoms with Gasteiger partial charge in [-0.1, -0.05) is 189 Å². The van der Waals surface area contributed by atoms with E-state index in [4.69, 9.17) is 29.4 Å². The van der Waals surface area contributed by atoms with Crippen LogP contribution >= 0.6 is 7.82 Å². The molecule has 0 amide bonds. The molecule has 11 heteroatoms. The van der Waals surface area contributed by atoms with Crippen LogP contribution in [-0.2, 0) is 32.7 Å². The molecule has 364 valence electrons. The normalized spacial score (nSPS) is 14.3. The largest absolute Gasteiger partial charge is 0.480 e. The summed E-state index contributed by atoms with van der Waals surface area (Å²) in [6.07, 6.45) is 59.5. The summed E-state index contributed by atoms with van der Waals surface area (Å²) in [4.78, 5) is 33.7. The summed E-state index contributed by atoms with van der Waals surface area (Å²) < 4.78 is 33.5. The second-order valence-electron chi connectivity index (χ2n) is 16.6. The summed E-state index contributed by atoms with van der Waals surface area (Å²) in [6, 6.07) is -1.48. The molecule has 3 unspecified atom stereocenters. The van der Waals surface area contributed by atoms with E-state index in [1.165, 1.54) is 103 Å². The Morgan fingerprint density at radius 3 is 1.40 bits per heavy atom. The molecule has 0 radical (unpaired) electrons. The fourth-order valence-electron chi connectivity index (χ4n) is 6.63. The van der Waals surface area contributed by atoms with Gasteiger partial charge < -0.3 is 25.2 Å². The number of carboxylic acids is 1. The van der Waals surface area contributed by atoms with Crippen LogP contribution in [0.1, 0.15) is 206 Å². The Labute approximate surface area is 384 Å². The predicted molar refractivity (Wildman–Crippen MR) is 263 cm³/mol. The topological polar surface area (TPSA) is 155 Å². The fraction of sp³-hybridized carbons (Fsp3) is 0.731. The van der Waals surface area contributed by atoms with Crippen molar-refractivity contribution in [3.05, 3.63) is 72.9 Å². The Morgan fingerprint density at radius 1 is 0.524 bits per heavy atom. The van der Waals surface area contributed by atoms with Crippen LogP contribution in [0, 0.1) is 0 Å². The molecule has 3 atom stereocenters. The number of phosphoric ester groups is 1. The summed E-state index contributed by atoms with van der Waals surface area (Å²) >= 11 is 0. The number of aliphatic carboxylic acids is 1. The zero-order valence-electron chi connectivity index (χ0n) is 39.9. The number of unbranched alkanes of at least 4 members (excludes halogenated alkanes) is 21. The number of nitrogens with two attached hydrogens (primary N) is 1. The minimum absolute atomic E-state index is 0.00735. The van der Waals surface area contributed by atoms with Gasteiger partial charge in [0.05, 0.1) is 19.8 Å². The lowest BCUT2D eigenvalue weighted by Gasteiger charge is -2.20. The average molecular weight is 906 g/mol. The van der Waals surface area contributed by atoms with E-state index in [1.807, 2.05) is 0 Å².